The first-order chi connectivity index (χ1) is 8.22. The Morgan fingerprint density at radius 1 is 1.18 bits per heavy atom. The number of rotatable bonds is 6. The highest BCUT2D eigenvalue weighted by Crippen LogP contribution is 2.13. The summed E-state index contributed by atoms with van der Waals surface area (Å²) in [5.74, 6) is 0. The number of anilines is 1. The maximum Gasteiger partial charge on any atom is 0.319 e. The van der Waals surface area contributed by atoms with E-state index in [2.05, 4.69) is 33.5 Å². The molecule has 17 heavy (non-hydrogen) atoms. The van der Waals surface area contributed by atoms with Gasteiger partial charge in [0.25, 0.3) is 0 Å². The lowest BCUT2D eigenvalue weighted by atomic mass is 10.2. The molecule has 4 heteroatoms. The fourth-order valence-corrected chi connectivity index (χ4v) is 1.73. The molecule has 1 aromatic carbocycles. The Balaban J connectivity index is 2.18. The topological polar surface area (TPSA) is 41.1 Å². The van der Waals surface area contributed by atoms with Gasteiger partial charge in [0, 0.05) is 16.7 Å². The molecule has 1 rings (SSSR count). The fraction of sp³-hybridized carbons (Fsp3) is 0.462. The van der Waals surface area contributed by atoms with Crippen molar-refractivity contribution in [3.05, 3.63) is 28.7 Å². The third-order valence-electron chi connectivity index (χ3n) is 2.42. The number of halogens is 1. The van der Waals surface area contributed by atoms with Crippen molar-refractivity contribution in [2.24, 2.45) is 0 Å². The summed E-state index contributed by atoms with van der Waals surface area (Å²) in [5, 5.41) is 5.63. The van der Waals surface area contributed by atoms with Crippen LogP contribution in [0.3, 0.4) is 0 Å². The maximum atomic E-state index is 11.5. The third-order valence-corrected chi connectivity index (χ3v) is 2.95. The predicted molar refractivity (Wildman–Crippen MR) is 75.3 cm³/mol. The number of amides is 2. The Hall–Kier alpha value is -1.03. The number of carbonyl (C=O) groups is 1. The average Bonchev–Trinajstić information content (AvgIpc) is 2.32. The summed E-state index contributed by atoms with van der Waals surface area (Å²) in [4.78, 5) is 11.5. The number of unbranched alkanes of at least 4 members (excludes halogenated alkanes) is 3. The van der Waals surface area contributed by atoms with E-state index in [1.807, 2.05) is 24.3 Å². The van der Waals surface area contributed by atoms with Crippen LogP contribution in [0.25, 0.3) is 0 Å². The van der Waals surface area contributed by atoms with Crippen molar-refractivity contribution in [1.29, 1.82) is 0 Å². The molecule has 0 saturated carbocycles. The molecule has 0 fully saturated rings. The van der Waals surface area contributed by atoms with Gasteiger partial charge in [0.05, 0.1) is 0 Å². The molecule has 2 N–H and O–H groups in total. The molecule has 0 aliphatic carbocycles. The van der Waals surface area contributed by atoms with Gasteiger partial charge in [-0.15, -0.1) is 0 Å². The lowest BCUT2D eigenvalue weighted by Gasteiger charge is -2.07. The number of hydrogen-bond acceptors (Lipinski definition) is 1. The molecule has 0 spiro atoms. The van der Waals surface area contributed by atoms with Gasteiger partial charge in [-0.1, -0.05) is 42.1 Å². The lowest BCUT2D eigenvalue weighted by Crippen LogP contribution is -2.29. The first-order valence-electron chi connectivity index (χ1n) is 6.03. The molecule has 0 heterocycles. The molecule has 0 radical (unpaired) electrons. The van der Waals surface area contributed by atoms with E-state index in [1.54, 1.807) is 0 Å². The van der Waals surface area contributed by atoms with E-state index >= 15 is 0 Å². The summed E-state index contributed by atoms with van der Waals surface area (Å²) < 4.78 is 1.00. The molecular weight excluding hydrogens is 280 g/mol. The number of carbonyl (C=O) groups excluding carboxylic acids is 1. The zero-order valence-corrected chi connectivity index (χ0v) is 11.7. The number of hydrogen-bond donors (Lipinski definition) is 2. The maximum absolute atomic E-state index is 11.5. The summed E-state index contributed by atoms with van der Waals surface area (Å²) >= 11 is 3.35. The molecule has 1 aromatic rings. The summed E-state index contributed by atoms with van der Waals surface area (Å²) in [6.45, 7) is 2.91. The summed E-state index contributed by atoms with van der Waals surface area (Å²) in [7, 11) is 0. The summed E-state index contributed by atoms with van der Waals surface area (Å²) in [6.07, 6.45) is 4.66. The van der Waals surface area contributed by atoms with Crippen molar-refractivity contribution >= 4 is 27.6 Å². The molecular formula is C13H19BrN2O. The van der Waals surface area contributed by atoms with Crippen molar-refractivity contribution in [3.8, 4) is 0 Å². The van der Waals surface area contributed by atoms with E-state index in [4.69, 9.17) is 0 Å². The van der Waals surface area contributed by atoms with Crippen LogP contribution in [0.5, 0.6) is 0 Å². The Labute approximate surface area is 111 Å². The van der Waals surface area contributed by atoms with Gasteiger partial charge in [-0.2, -0.15) is 0 Å². The minimum atomic E-state index is -0.135. The average molecular weight is 299 g/mol. The highest BCUT2D eigenvalue weighted by Gasteiger charge is 2.00. The predicted octanol–water partition coefficient (Wildman–Crippen LogP) is 4.15. The minimum absolute atomic E-state index is 0.135. The Morgan fingerprint density at radius 3 is 2.53 bits per heavy atom. The van der Waals surface area contributed by atoms with E-state index in [0.717, 1.165) is 23.1 Å². The number of benzene rings is 1. The normalized spacial score (nSPS) is 10.0. The molecule has 0 bridgehead atoms. The van der Waals surface area contributed by atoms with Crippen LogP contribution in [0.15, 0.2) is 28.7 Å². The van der Waals surface area contributed by atoms with Crippen LogP contribution < -0.4 is 10.6 Å². The summed E-state index contributed by atoms with van der Waals surface area (Å²) in [6, 6.07) is 7.39. The molecule has 0 atom stereocenters. The molecule has 0 aliphatic rings. The van der Waals surface area contributed by atoms with Gasteiger partial charge in [-0.25, -0.2) is 4.79 Å². The Morgan fingerprint density at radius 2 is 1.88 bits per heavy atom. The van der Waals surface area contributed by atoms with Gasteiger partial charge >= 0.3 is 6.03 Å². The lowest BCUT2D eigenvalue weighted by molar-refractivity contribution is 0.252. The Bertz CT molecular complexity index is 338. The second kappa shape index (κ2) is 8.12. The van der Waals surface area contributed by atoms with Gasteiger partial charge in [0.2, 0.25) is 0 Å². The van der Waals surface area contributed by atoms with Crippen molar-refractivity contribution in [2.45, 2.75) is 32.6 Å². The van der Waals surface area contributed by atoms with E-state index in [-0.39, 0.29) is 6.03 Å². The second-order valence-electron chi connectivity index (χ2n) is 3.95. The van der Waals surface area contributed by atoms with Crippen LogP contribution in [-0.2, 0) is 0 Å². The summed E-state index contributed by atoms with van der Waals surface area (Å²) in [5.41, 5.74) is 0.805. The second-order valence-corrected chi connectivity index (χ2v) is 4.86. The molecule has 2 amide bonds. The SMILES string of the molecule is CCCCCCNC(=O)Nc1ccc(Br)cc1. The standard InChI is InChI=1S/C13H19BrN2O/c1-2-3-4-5-10-15-13(17)16-12-8-6-11(14)7-9-12/h6-9H,2-5,10H2,1H3,(H2,15,16,17). The highest BCUT2D eigenvalue weighted by molar-refractivity contribution is 9.10. The van der Waals surface area contributed by atoms with Gasteiger partial charge in [-0.05, 0) is 30.7 Å². The largest absolute Gasteiger partial charge is 0.338 e. The number of nitrogens with one attached hydrogen (secondary N) is 2. The van der Waals surface area contributed by atoms with Crippen LogP contribution in [0.2, 0.25) is 0 Å². The highest BCUT2D eigenvalue weighted by atomic mass is 79.9. The zero-order valence-electron chi connectivity index (χ0n) is 10.1. The smallest absolute Gasteiger partial charge is 0.319 e. The van der Waals surface area contributed by atoms with E-state index in [1.165, 1.54) is 19.3 Å². The van der Waals surface area contributed by atoms with Crippen LogP contribution >= 0.6 is 15.9 Å². The van der Waals surface area contributed by atoms with Gasteiger partial charge in [0.1, 0.15) is 0 Å². The fourth-order valence-electron chi connectivity index (χ4n) is 1.46. The molecule has 0 unspecified atom stereocenters. The van der Waals surface area contributed by atoms with Gasteiger partial charge < -0.3 is 10.6 Å². The number of urea groups is 1. The van der Waals surface area contributed by atoms with Crippen LogP contribution in [0, 0.1) is 0 Å². The van der Waals surface area contributed by atoms with Crippen LogP contribution in [0.4, 0.5) is 10.5 Å². The minimum Gasteiger partial charge on any atom is -0.338 e. The Kier molecular flexibility index (Phi) is 6.70. The van der Waals surface area contributed by atoms with Gasteiger partial charge in [0.15, 0.2) is 0 Å². The van der Waals surface area contributed by atoms with E-state index in [9.17, 15) is 4.79 Å². The zero-order chi connectivity index (χ0) is 12.5. The third kappa shape index (κ3) is 6.31. The van der Waals surface area contributed by atoms with Crippen molar-refractivity contribution in [1.82, 2.24) is 5.32 Å². The van der Waals surface area contributed by atoms with Gasteiger partial charge in [-0.3, -0.25) is 0 Å². The van der Waals surface area contributed by atoms with E-state index in [0.29, 0.717) is 0 Å². The molecule has 94 valence electrons. The quantitative estimate of drug-likeness (QED) is 0.761. The van der Waals surface area contributed by atoms with Crippen molar-refractivity contribution < 1.29 is 4.79 Å². The molecule has 0 saturated heterocycles. The van der Waals surface area contributed by atoms with Crippen LogP contribution in [-0.4, -0.2) is 12.6 Å². The van der Waals surface area contributed by atoms with Crippen LogP contribution in [0.1, 0.15) is 32.6 Å². The monoisotopic (exact) mass is 298 g/mol. The molecule has 0 aromatic heterocycles. The molecule has 0 aliphatic heterocycles. The van der Waals surface area contributed by atoms with E-state index < -0.39 is 0 Å². The first kappa shape index (κ1) is 14.0. The first-order valence-corrected chi connectivity index (χ1v) is 6.82. The van der Waals surface area contributed by atoms with Crippen molar-refractivity contribution in [2.75, 3.05) is 11.9 Å². The van der Waals surface area contributed by atoms with Crippen molar-refractivity contribution in [3.63, 3.8) is 0 Å². The molecule has 3 nitrogen and oxygen atoms in total.